The van der Waals surface area contributed by atoms with E-state index in [9.17, 15) is 9.90 Å². The summed E-state index contributed by atoms with van der Waals surface area (Å²) in [7, 11) is 0. The van der Waals surface area contributed by atoms with Crippen LogP contribution in [-0.2, 0) is 0 Å². The third-order valence-electron chi connectivity index (χ3n) is 3.30. The third-order valence-corrected chi connectivity index (χ3v) is 3.30. The first kappa shape index (κ1) is 13.1. The van der Waals surface area contributed by atoms with Crippen LogP contribution in [0.5, 0.6) is 5.75 Å². The lowest BCUT2D eigenvalue weighted by Crippen LogP contribution is -2.13. The van der Waals surface area contributed by atoms with E-state index >= 15 is 0 Å². The fourth-order valence-electron chi connectivity index (χ4n) is 1.93. The van der Waals surface area contributed by atoms with Gasteiger partial charge in [-0.05, 0) is 61.7 Å². The van der Waals surface area contributed by atoms with Gasteiger partial charge in [-0.1, -0.05) is 12.1 Å². The van der Waals surface area contributed by atoms with Crippen LogP contribution in [0.1, 0.15) is 27.0 Å². The number of aromatic hydroxyl groups is 1. The number of phenols is 1. The summed E-state index contributed by atoms with van der Waals surface area (Å²) < 4.78 is 0. The van der Waals surface area contributed by atoms with Crippen LogP contribution in [0.3, 0.4) is 0 Å². The Bertz CT molecular complexity index is 633. The Labute approximate surface area is 112 Å². The number of carbonyl (C=O) groups excluding carboxylic acids is 1. The normalized spacial score (nSPS) is 10.3. The fourth-order valence-corrected chi connectivity index (χ4v) is 1.93. The van der Waals surface area contributed by atoms with Crippen molar-refractivity contribution in [2.24, 2.45) is 0 Å². The van der Waals surface area contributed by atoms with Gasteiger partial charge in [0.25, 0.3) is 5.91 Å². The van der Waals surface area contributed by atoms with E-state index in [1.54, 1.807) is 25.1 Å². The number of hydrogen-bond acceptors (Lipinski definition) is 2. The molecule has 0 radical (unpaired) electrons. The molecule has 0 bridgehead atoms. The van der Waals surface area contributed by atoms with E-state index in [0.29, 0.717) is 11.3 Å². The first-order valence-corrected chi connectivity index (χ1v) is 6.16. The lowest BCUT2D eigenvalue weighted by atomic mass is 10.0. The smallest absolute Gasteiger partial charge is 0.255 e. The van der Waals surface area contributed by atoms with Crippen LogP contribution in [0.4, 0.5) is 5.69 Å². The molecule has 2 rings (SSSR count). The summed E-state index contributed by atoms with van der Waals surface area (Å²) in [5, 5.41) is 12.3. The minimum Gasteiger partial charge on any atom is -0.508 e. The van der Waals surface area contributed by atoms with E-state index in [-0.39, 0.29) is 11.7 Å². The summed E-state index contributed by atoms with van der Waals surface area (Å²) in [6.07, 6.45) is 0. The Balaban J connectivity index is 2.26. The first-order chi connectivity index (χ1) is 8.99. The zero-order valence-electron chi connectivity index (χ0n) is 11.3. The Kier molecular flexibility index (Phi) is 3.56. The average Bonchev–Trinajstić information content (AvgIpc) is 2.37. The molecule has 2 N–H and O–H groups in total. The molecule has 0 aromatic heterocycles. The van der Waals surface area contributed by atoms with E-state index in [1.807, 2.05) is 32.0 Å². The van der Waals surface area contributed by atoms with Gasteiger partial charge in [-0.25, -0.2) is 0 Å². The number of carbonyl (C=O) groups is 1. The molecule has 0 aliphatic heterocycles. The third kappa shape index (κ3) is 2.76. The largest absolute Gasteiger partial charge is 0.508 e. The molecule has 0 atom stereocenters. The molecule has 3 nitrogen and oxygen atoms in total. The van der Waals surface area contributed by atoms with Crippen LogP contribution < -0.4 is 5.32 Å². The Morgan fingerprint density at radius 2 is 1.79 bits per heavy atom. The molecule has 0 heterocycles. The molecular weight excluding hydrogens is 238 g/mol. The van der Waals surface area contributed by atoms with Crippen LogP contribution in [0.15, 0.2) is 36.4 Å². The number of amides is 1. The van der Waals surface area contributed by atoms with Gasteiger partial charge in [0.2, 0.25) is 0 Å². The second kappa shape index (κ2) is 5.14. The van der Waals surface area contributed by atoms with Gasteiger partial charge in [-0.3, -0.25) is 4.79 Å². The number of benzene rings is 2. The second-order valence-electron chi connectivity index (χ2n) is 4.70. The minimum atomic E-state index is -0.133. The summed E-state index contributed by atoms with van der Waals surface area (Å²) in [5.74, 6) is 0.0935. The van der Waals surface area contributed by atoms with E-state index in [0.717, 1.165) is 16.7 Å². The predicted molar refractivity (Wildman–Crippen MR) is 76.7 cm³/mol. The standard InChI is InChI=1S/C16H17NO2/c1-10-5-4-6-14(12(10)3)16(19)17-13-7-8-15(18)11(2)9-13/h4-9,18H,1-3H3,(H,17,19). The molecule has 0 saturated carbocycles. The van der Waals surface area contributed by atoms with Crippen molar-refractivity contribution in [3.63, 3.8) is 0 Å². The number of nitrogens with one attached hydrogen (secondary N) is 1. The quantitative estimate of drug-likeness (QED) is 0.806. The van der Waals surface area contributed by atoms with Crippen molar-refractivity contribution in [3.8, 4) is 5.75 Å². The molecule has 19 heavy (non-hydrogen) atoms. The summed E-state index contributed by atoms with van der Waals surface area (Å²) in [5.41, 5.74) is 4.16. The van der Waals surface area contributed by atoms with Crippen molar-refractivity contribution in [1.82, 2.24) is 0 Å². The number of anilines is 1. The Hall–Kier alpha value is -2.29. The zero-order chi connectivity index (χ0) is 14.0. The fraction of sp³-hybridized carbons (Fsp3) is 0.188. The van der Waals surface area contributed by atoms with Crippen LogP contribution in [0.25, 0.3) is 0 Å². The maximum absolute atomic E-state index is 12.2. The van der Waals surface area contributed by atoms with Gasteiger partial charge in [0, 0.05) is 11.3 Å². The lowest BCUT2D eigenvalue weighted by Gasteiger charge is -2.10. The Morgan fingerprint density at radius 3 is 2.47 bits per heavy atom. The van der Waals surface area contributed by atoms with E-state index in [1.165, 1.54) is 0 Å². The van der Waals surface area contributed by atoms with Crippen LogP contribution in [-0.4, -0.2) is 11.0 Å². The monoisotopic (exact) mass is 255 g/mol. The highest BCUT2D eigenvalue weighted by Crippen LogP contribution is 2.21. The predicted octanol–water partition coefficient (Wildman–Crippen LogP) is 3.57. The lowest BCUT2D eigenvalue weighted by molar-refractivity contribution is 0.102. The second-order valence-corrected chi connectivity index (χ2v) is 4.70. The van der Waals surface area contributed by atoms with Crippen molar-refractivity contribution < 1.29 is 9.90 Å². The van der Waals surface area contributed by atoms with Crippen molar-refractivity contribution in [1.29, 1.82) is 0 Å². The number of rotatable bonds is 2. The molecule has 0 aliphatic rings. The van der Waals surface area contributed by atoms with Crippen LogP contribution >= 0.6 is 0 Å². The van der Waals surface area contributed by atoms with Gasteiger partial charge in [0.1, 0.15) is 5.75 Å². The molecule has 0 unspecified atom stereocenters. The van der Waals surface area contributed by atoms with Crippen LogP contribution in [0.2, 0.25) is 0 Å². The van der Waals surface area contributed by atoms with Crippen molar-refractivity contribution in [2.75, 3.05) is 5.32 Å². The van der Waals surface area contributed by atoms with Crippen molar-refractivity contribution in [2.45, 2.75) is 20.8 Å². The maximum atomic E-state index is 12.2. The van der Waals surface area contributed by atoms with Gasteiger partial charge in [-0.15, -0.1) is 0 Å². The van der Waals surface area contributed by atoms with Gasteiger partial charge in [0.05, 0.1) is 0 Å². The zero-order valence-corrected chi connectivity index (χ0v) is 11.3. The molecule has 2 aromatic rings. The SMILES string of the molecule is Cc1cc(NC(=O)c2cccc(C)c2C)ccc1O. The minimum absolute atomic E-state index is 0.133. The van der Waals surface area contributed by atoms with Crippen molar-refractivity contribution in [3.05, 3.63) is 58.7 Å². The molecule has 1 amide bonds. The molecule has 0 spiro atoms. The summed E-state index contributed by atoms with van der Waals surface area (Å²) in [6.45, 7) is 5.71. The Morgan fingerprint density at radius 1 is 1.05 bits per heavy atom. The first-order valence-electron chi connectivity index (χ1n) is 6.16. The molecule has 2 aromatic carbocycles. The van der Waals surface area contributed by atoms with Gasteiger partial charge >= 0.3 is 0 Å². The molecule has 0 aliphatic carbocycles. The topological polar surface area (TPSA) is 49.3 Å². The molecule has 3 heteroatoms. The molecular formula is C16H17NO2. The number of phenolic OH excluding ortho intramolecular Hbond substituents is 1. The van der Waals surface area contributed by atoms with Gasteiger partial charge in [-0.2, -0.15) is 0 Å². The average molecular weight is 255 g/mol. The number of hydrogen-bond donors (Lipinski definition) is 2. The molecule has 0 fully saturated rings. The van der Waals surface area contributed by atoms with E-state index in [4.69, 9.17) is 0 Å². The highest BCUT2D eigenvalue weighted by molar-refractivity contribution is 6.05. The summed E-state index contributed by atoms with van der Waals surface area (Å²) in [4.78, 5) is 12.2. The van der Waals surface area contributed by atoms with Gasteiger partial charge < -0.3 is 10.4 Å². The maximum Gasteiger partial charge on any atom is 0.255 e. The highest BCUT2D eigenvalue weighted by Gasteiger charge is 2.10. The van der Waals surface area contributed by atoms with Crippen LogP contribution in [0, 0.1) is 20.8 Å². The molecule has 0 saturated heterocycles. The molecule has 98 valence electrons. The summed E-state index contributed by atoms with van der Waals surface area (Å²) in [6, 6.07) is 10.7. The van der Waals surface area contributed by atoms with E-state index < -0.39 is 0 Å². The highest BCUT2D eigenvalue weighted by atomic mass is 16.3. The van der Waals surface area contributed by atoms with Gasteiger partial charge in [0.15, 0.2) is 0 Å². The van der Waals surface area contributed by atoms with E-state index in [2.05, 4.69) is 5.32 Å². The summed E-state index contributed by atoms with van der Waals surface area (Å²) >= 11 is 0. The number of aryl methyl sites for hydroxylation is 2. The van der Waals surface area contributed by atoms with Crippen molar-refractivity contribution >= 4 is 11.6 Å².